The summed E-state index contributed by atoms with van der Waals surface area (Å²) in [6, 6.07) is 4.48. The number of benzene rings is 1. The first-order valence-corrected chi connectivity index (χ1v) is 8.36. The van der Waals surface area contributed by atoms with E-state index in [0.717, 1.165) is 0 Å². The van der Waals surface area contributed by atoms with Gasteiger partial charge in [0.1, 0.15) is 0 Å². The van der Waals surface area contributed by atoms with Crippen LogP contribution >= 0.6 is 15.9 Å². The van der Waals surface area contributed by atoms with Crippen LogP contribution < -0.4 is 11.1 Å². The van der Waals surface area contributed by atoms with E-state index >= 15 is 0 Å². The number of hydrogen-bond acceptors (Lipinski definition) is 4. The molecule has 1 aliphatic heterocycles. The monoisotopic (exact) mass is 361 g/mol. The molecular formula is C12H16BrN3O3S. The van der Waals surface area contributed by atoms with Crippen LogP contribution in [-0.4, -0.2) is 37.8 Å². The predicted molar refractivity (Wildman–Crippen MR) is 79.5 cm³/mol. The summed E-state index contributed by atoms with van der Waals surface area (Å²) in [6.45, 7) is 2.11. The molecule has 110 valence electrons. The Morgan fingerprint density at radius 1 is 1.50 bits per heavy atom. The Hall–Kier alpha value is -1.12. The van der Waals surface area contributed by atoms with Crippen LogP contribution in [0, 0.1) is 0 Å². The van der Waals surface area contributed by atoms with Gasteiger partial charge in [-0.2, -0.15) is 4.31 Å². The Morgan fingerprint density at radius 3 is 2.80 bits per heavy atom. The van der Waals surface area contributed by atoms with E-state index in [9.17, 15) is 13.2 Å². The number of anilines is 1. The Bertz CT molecular complexity index is 633. The van der Waals surface area contributed by atoms with Gasteiger partial charge in [0.15, 0.2) is 0 Å². The van der Waals surface area contributed by atoms with E-state index in [4.69, 9.17) is 5.73 Å². The van der Waals surface area contributed by atoms with Crippen molar-refractivity contribution in [1.29, 1.82) is 0 Å². The second kappa shape index (κ2) is 5.71. The molecule has 1 atom stereocenters. The van der Waals surface area contributed by atoms with E-state index in [-0.39, 0.29) is 16.8 Å². The summed E-state index contributed by atoms with van der Waals surface area (Å²) in [5.41, 5.74) is 6.11. The summed E-state index contributed by atoms with van der Waals surface area (Å²) in [4.78, 5) is 11.2. The smallest absolute Gasteiger partial charge is 0.244 e. The van der Waals surface area contributed by atoms with E-state index in [1.807, 2.05) is 0 Å². The molecule has 6 nitrogen and oxygen atoms in total. The average molecular weight is 362 g/mol. The number of carbonyl (C=O) groups is 1. The van der Waals surface area contributed by atoms with Crippen LogP contribution in [0.15, 0.2) is 27.6 Å². The number of sulfonamides is 1. The van der Waals surface area contributed by atoms with Gasteiger partial charge in [-0.15, -0.1) is 0 Å². The fourth-order valence-corrected chi connectivity index (χ4v) is 4.77. The molecule has 0 bridgehead atoms. The van der Waals surface area contributed by atoms with Crippen molar-refractivity contribution in [1.82, 2.24) is 9.62 Å². The molecule has 1 aliphatic rings. The first kappa shape index (κ1) is 15.3. The molecule has 0 saturated carbocycles. The average Bonchev–Trinajstić information content (AvgIpc) is 2.76. The summed E-state index contributed by atoms with van der Waals surface area (Å²) in [5, 5.41) is 2.74. The number of nitrogens with two attached hydrogens (primary N) is 1. The number of amides is 1. The lowest BCUT2D eigenvalue weighted by atomic mass is 10.3. The Morgan fingerprint density at radius 2 is 2.20 bits per heavy atom. The first-order valence-electron chi connectivity index (χ1n) is 6.13. The van der Waals surface area contributed by atoms with Crippen molar-refractivity contribution in [3.63, 3.8) is 0 Å². The van der Waals surface area contributed by atoms with Gasteiger partial charge < -0.3 is 11.1 Å². The van der Waals surface area contributed by atoms with Crippen molar-refractivity contribution in [2.24, 2.45) is 0 Å². The molecule has 1 amide bonds. The molecule has 3 N–H and O–H groups in total. The largest absolute Gasteiger partial charge is 0.399 e. The van der Waals surface area contributed by atoms with Crippen LogP contribution in [0.5, 0.6) is 0 Å². The zero-order valence-corrected chi connectivity index (χ0v) is 13.4. The molecule has 2 rings (SSSR count). The maximum atomic E-state index is 12.5. The van der Waals surface area contributed by atoms with Crippen LogP contribution in [-0.2, 0) is 14.8 Å². The number of halogens is 1. The highest BCUT2D eigenvalue weighted by molar-refractivity contribution is 9.10. The summed E-state index contributed by atoms with van der Waals surface area (Å²) in [5.74, 6) is -0.150. The summed E-state index contributed by atoms with van der Waals surface area (Å²) < 4.78 is 26.9. The normalized spacial score (nSPS) is 20.0. The molecule has 0 aromatic heterocycles. The van der Waals surface area contributed by atoms with Gasteiger partial charge in [0.2, 0.25) is 15.9 Å². The highest BCUT2D eigenvalue weighted by Crippen LogP contribution is 2.28. The molecule has 20 heavy (non-hydrogen) atoms. The third-order valence-electron chi connectivity index (χ3n) is 3.13. The first-order chi connectivity index (χ1) is 9.30. The molecule has 8 heteroatoms. The molecule has 0 spiro atoms. The van der Waals surface area contributed by atoms with Crippen molar-refractivity contribution in [3.05, 3.63) is 22.7 Å². The quantitative estimate of drug-likeness (QED) is 0.783. The van der Waals surface area contributed by atoms with Gasteiger partial charge in [0.05, 0.1) is 4.90 Å². The summed E-state index contributed by atoms with van der Waals surface area (Å²) in [6.07, 6.45) is 0.616. The molecule has 0 radical (unpaired) electrons. The van der Waals surface area contributed by atoms with Crippen LogP contribution in [0.25, 0.3) is 0 Å². The topological polar surface area (TPSA) is 92.5 Å². The van der Waals surface area contributed by atoms with E-state index in [1.165, 1.54) is 17.3 Å². The van der Waals surface area contributed by atoms with E-state index < -0.39 is 10.0 Å². The van der Waals surface area contributed by atoms with Crippen LogP contribution in [0.1, 0.15) is 13.3 Å². The van der Waals surface area contributed by atoms with Crippen LogP contribution in [0.4, 0.5) is 5.69 Å². The molecule has 1 heterocycles. The number of carbonyl (C=O) groups excluding carboxylic acids is 1. The SMILES string of the molecule is CC(=O)NC1CCN(S(=O)(=O)c2ccc(N)cc2Br)C1. The molecule has 1 fully saturated rings. The Kier molecular flexibility index (Phi) is 4.36. The lowest BCUT2D eigenvalue weighted by molar-refractivity contribution is -0.119. The minimum absolute atomic E-state index is 0.130. The van der Waals surface area contributed by atoms with E-state index in [2.05, 4.69) is 21.2 Å². The van der Waals surface area contributed by atoms with Gasteiger partial charge >= 0.3 is 0 Å². The van der Waals surface area contributed by atoms with E-state index in [1.54, 1.807) is 12.1 Å². The van der Waals surface area contributed by atoms with Crippen LogP contribution in [0.2, 0.25) is 0 Å². The summed E-state index contributed by atoms with van der Waals surface area (Å²) in [7, 11) is -3.58. The maximum Gasteiger partial charge on any atom is 0.244 e. The van der Waals surface area contributed by atoms with Crippen molar-refractivity contribution < 1.29 is 13.2 Å². The molecule has 1 saturated heterocycles. The van der Waals surface area contributed by atoms with Crippen molar-refractivity contribution in [2.75, 3.05) is 18.8 Å². The van der Waals surface area contributed by atoms with Gasteiger partial charge in [-0.05, 0) is 40.5 Å². The minimum Gasteiger partial charge on any atom is -0.399 e. The van der Waals surface area contributed by atoms with Crippen molar-refractivity contribution in [3.8, 4) is 0 Å². The highest BCUT2D eigenvalue weighted by Gasteiger charge is 2.33. The molecule has 1 aromatic carbocycles. The second-order valence-electron chi connectivity index (χ2n) is 4.74. The van der Waals surface area contributed by atoms with Crippen molar-refractivity contribution in [2.45, 2.75) is 24.3 Å². The fraction of sp³-hybridized carbons (Fsp3) is 0.417. The number of nitrogens with one attached hydrogen (secondary N) is 1. The minimum atomic E-state index is -3.58. The number of nitrogen functional groups attached to an aromatic ring is 1. The molecule has 0 aliphatic carbocycles. The van der Waals surface area contributed by atoms with Gasteiger partial charge in [-0.1, -0.05) is 0 Å². The standard InChI is InChI=1S/C12H16BrN3O3S/c1-8(17)15-10-4-5-16(7-10)20(18,19)12-3-2-9(14)6-11(12)13/h2-3,6,10H,4-5,7,14H2,1H3,(H,15,17). The zero-order chi connectivity index (χ0) is 14.9. The van der Waals surface area contributed by atoms with Gasteiger partial charge in [-0.3, -0.25) is 4.79 Å². The van der Waals surface area contributed by atoms with Gasteiger partial charge in [0.25, 0.3) is 0 Å². The van der Waals surface area contributed by atoms with E-state index in [0.29, 0.717) is 29.7 Å². The number of rotatable bonds is 3. The predicted octanol–water partition coefficient (Wildman–Crippen LogP) is 0.930. The maximum absolute atomic E-state index is 12.5. The molecular weight excluding hydrogens is 346 g/mol. The lowest BCUT2D eigenvalue weighted by Gasteiger charge is -2.18. The van der Waals surface area contributed by atoms with Crippen molar-refractivity contribution >= 4 is 37.5 Å². The number of hydrogen-bond donors (Lipinski definition) is 2. The molecule has 1 aromatic rings. The molecule has 1 unspecified atom stereocenters. The van der Waals surface area contributed by atoms with Gasteiger partial charge in [0, 0.05) is 36.2 Å². The third-order valence-corrected chi connectivity index (χ3v) is 5.97. The third kappa shape index (κ3) is 3.13. The second-order valence-corrected chi connectivity index (χ2v) is 7.50. The number of nitrogens with zero attached hydrogens (tertiary/aromatic N) is 1. The fourth-order valence-electron chi connectivity index (χ4n) is 2.22. The lowest BCUT2D eigenvalue weighted by Crippen LogP contribution is -2.37. The van der Waals surface area contributed by atoms with Crippen LogP contribution in [0.3, 0.4) is 0 Å². The Balaban J connectivity index is 2.21. The Labute approximate surface area is 126 Å². The summed E-state index contributed by atoms with van der Waals surface area (Å²) >= 11 is 3.23. The highest BCUT2D eigenvalue weighted by atomic mass is 79.9. The van der Waals surface area contributed by atoms with Gasteiger partial charge in [-0.25, -0.2) is 8.42 Å². The zero-order valence-electron chi connectivity index (χ0n) is 11.0.